The van der Waals surface area contributed by atoms with Crippen molar-refractivity contribution in [3.8, 4) is 0 Å². The quantitative estimate of drug-likeness (QED) is 0.362. The summed E-state index contributed by atoms with van der Waals surface area (Å²) in [5.41, 5.74) is 3.89. The molecule has 0 spiro atoms. The van der Waals surface area contributed by atoms with E-state index in [2.05, 4.69) is 32.3 Å². The van der Waals surface area contributed by atoms with Gasteiger partial charge in [0.2, 0.25) is 0 Å². The maximum atomic E-state index is 5.20. The zero-order valence-electron chi connectivity index (χ0n) is 7.81. The van der Waals surface area contributed by atoms with Crippen molar-refractivity contribution in [3.63, 3.8) is 0 Å². The standard InChI is InChI=1S/C9H18N2/c1-5-6-8(7-11-10)9(2,3)4/h5-7,11H,10H2,1-4H3/b6-5-,8-7+. The van der Waals surface area contributed by atoms with E-state index in [9.17, 15) is 0 Å². The number of hydrazine groups is 1. The summed E-state index contributed by atoms with van der Waals surface area (Å²) in [5.74, 6) is 5.20. The topological polar surface area (TPSA) is 38.0 Å². The zero-order valence-corrected chi connectivity index (χ0v) is 7.81. The summed E-state index contributed by atoms with van der Waals surface area (Å²) in [7, 11) is 0. The molecular formula is C9H18N2. The van der Waals surface area contributed by atoms with E-state index in [1.807, 2.05) is 19.2 Å². The van der Waals surface area contributed by atoms with E-state index in [0.29, 0.717) is 0 Å². The molecule has 3 N–H and O–H groups in total. The number of nitrogens with one attached hydrogen (secondary N) is 1. The fourth-order valence-electron chi connectivity index (χ4n) is 0.784. The fraction of sp³-hybridized carbons (Fsp3) is 0.556. The van der Waals surface area contributed by atoms with Gasteiger partial charge in [-0.2, -0.15) is 0 Å². The molecule has 2 heteroatoms. The molecule has 0 atom stereocenters. The first-order valence-corrected chi connectivity index (χ1v) is 3.82. The lowest BCUT2D eigenvalue weighted by molar-refractivity contribution is 0.512. The molecule has 0 aromatic rings. The summed E-state index contributed by atoms with van der Waals surface area (Å²) in [6, 6.07) is 0. The van der Waals surface area contributed by atoms with Gasteiger partial charge in [0.25, 0.3) is 0 Å². The lowest BCUT2D eigenvalue weighted by Crippen LogP contribution is -2.18. The van der Waals surface area contributed by atoms with Crippen molar-refractivity contribution in [1.29, 1.82) is 0 Å². The van der Waals surface area contributed by atoms with Gasteiger partial charge < -0.3 is 5.43 Å². The van der Waals surface area contributed by atoms with Gasteiger partial charge in [-0.25, -0.2) is 0 Å². The fourth-order valence-corrected chi connectivity index (χ4v) is 0.784. The Kier molecular flexibility index (Phi) is 3.90. The first kappa shape index (κ1) is 10.2. The van der Waals surface area contributed by atoms with Crippen LogP contribution in [0.4, 0.5) is 0 Å². The van der Waals surface area contributed by atoms with Crippen molar-refractivity contribution in [2.75, 3.05) is 0 Å². The molecule has 0 aliphatic rings. The van der Waals surface area contributed by atoms with Crippen molar-refractivity contribution < 1.29 is 0 Å². The van der Waals surface area contributed by atoms with Gasteiger partial charge in [0.15, 0.2) is 0 Å². The number of nitrogens with two attached hydrogens (primary N) is 1. The van der Waals surface area contributed by atoms with Gasteiger partial charge in [-0.05, 0) is 17.9 Å². The van der Waals surface area contributed by atoms with Crippen LogP contribution in [0.5, 0.6) is 0 Å². The smallest absolute Gasteiger partial charge is 0.0160 e. The molecule has 0 rings (SSSR count). The van der Waals surface area contributed by atoms with Crippen LogP contribution in [0.3, 0.4) is 0 Å². The Morgan fingerprint density at radius 3 is 2.18 bits per heavy atom. The van der Waals surface area contributed by atoms with Crippen molar-refractivity contribution >= 4 is 0 Å². The van der Waals surface area contributed by atoms with Crippen LogP contribution in [0.2, 0.25) is 0 Å². The van der Waals surface area contributed by atoms with Crippen LogP contribution in [0, 0.1) is 5.41 Å². The third-order valence-corrected chi connectivity index (χ3v) is 1.45. The molecule has 64 valence electrons. The second-order valence-electron chi connectivity index (χ2n) is 3.52. The van der Waals surface area contributed by atoms with Crippen LogP contribution in [0.15, 0.2) is 23.9 Å². The van der Waals surface area contributed by atoms with Crippen LogP contribution in [0.1, 0.15) is 27.7 Å². The largest absolute Gasteiger partial charge is 0.331 e. The van der Waals surface area contributed by atoms with Gasteiger partial charge >= 0.3 is 0 Å². The van der Waals surface area contributed by atoms with E-state index in [1.54, 1.807) is 0 Å². The molecule has 0 aromatic heterocycles. The average molecular weight is 154 g/mol. The molecule has 0 saturated carbocycles. The number of allylic oxidation sites excluding steroid dienone is 3. The SMILES string of the molecule is C/C=C\C(=C/NN)C(C)(C)C. The minimum absolute atomic E-state index is 0.152. The zero-order chi connectivity index (χ0) is 8.91. The van der Waals surface area contributed by atoms with Crippen LogP contribution in [0.25, 0.3) is 0 Å². The maximum Gasteiger partial charge on any atom is 0.0160 e. The number of rotatable bonds is 2. The highest BCUT2D eigenvalue weighted by molar-refractivity contribution is 5.23. The van der Waals surface area contributed by atoms with Gasteiger partial charge in [-0.15, -0.1) is 0 Å². The normalized spacial score (nSPS) is 14.1. The summed E-state index contributed by atoms with van der Waals surface area (Å²) in [6.07, 6.45) is 5.88. The summed E-state index contributed by atoms with van der Waals surface area (Å²) in [5, 5.41) is 0. The van der Waals surface area contributed by atoms with Gasteiger partial charge in [-0.1, -0.05) is 32.9 Å². The van der Waals surface area contributed by atoms with Gasteiger partial charge in [-0.3, -0.25) is 5.84 Å². The van der Waals surface area contributed by atoms with E-state index < -0.39 is 0 Å². The molecule has 0 fully saturated rings. The Morgan fingerprint density at radius 2 is 1.91 bits per heavy atom. The highest BCUT2D eigenvalue weighted by Crippen LogP contribution is 2.25. The van der Waals surface area contributed by atoms with Crippen molar-refractivity contribution in [1.82, 2.24) is 5.43 Å². The molecule has 0 unspecified atom stereocenters. The summed E-state index contributed by atoms with van der Waals surface area (Å²) in [6.45, 7) is 8.44. The predicted molar refractivity (Wildman–Crippen MR) is 49.7 cm³/mol. The van der Waals surface area contributed by atoms with Crippen LogP contribution in [-0.4, -0.2) is 0 Å². The summed E-state index contributed by atoms with van der Waals surface area (Å²) >= 11 is 0. The van der Waals surface area contributed by atoms with E-state index >= 15 is 0 Å². The van der Waals surface area contributed by atoms with E-state index in [4.69, 9.17) is 5.84 Å². The minimum Gasteiger partial charge on any atom is -0.331 e. The highest BCUT2D eigenvalue weighted by Gasteiger charge is 2.13. The molecular weight excluding hydrogens is 136 g/mol. The molecule has 0 aliphatic heterocycles. The Labute approximate surface area is 69.1 Å². The second-order valence-corrected chi connectivity index (χ2v) is 3.52. The molecule has 0 saturated heterocycles. The van der Waals surface area contributed by atoms with E-state index in [-0.39, 0.29) is 5.41 Å². The number of hydrogen-bond donors (Lipinski definition) is 2. The lowest BCUT2D eigenvalue weighted by Gasteiger charge is -2.19. The predicted octanol–water partition coefficient (Wildman–Crippen LogP) is 1.96. The molecule has 0 bridgehead atoms. The first-order chi connectivity index (χ1) is 5.02. The van der Waals surface area contributed by atoms with E-state index in [0.717, 1.165) is 0 Å². The molecule has 11 heavy (non-hydrogen) atoms. The van der Waals surface area contributed by atoms with Gasteiger partial charge in [0, 0.05) is 6.20 Å². The third-order valence-electron chi connectivity index (χ3n) is 1.45. The van der Waals surface area contributed by atoms with Crippen molar-refractivity contribution in [2.45, 2.75) is 27.7 Å². The molecule has 0 amide bonds. The maximum absolute atomic E-state index is 5.20. The van der Waals surface area contributed by atoms with Crippen molar-refractivity contribution in [3.05, 3.63) is 23.9 Å². The summed E-state index contributed by atoms with van der Waals surface area (Å²) in [4.78, 5) is 0. The first-order valence-electron chi connectivity index (χ1n) is 3.82. The molecule has 0 aromatic carbocycles. The summed E-state index contributed by atoms with van der Waals surface area (Å²) < 4.78 is 0. The third kappa shape index (κ3) is 3.83. The monoisotopic (exact) mass is 154 g/mol. The molecule has 0 heterocycles. The molecule has 2 nitrogen and oxygen atoms in total. The Morgan fingerprint density at radius 1 is 1.36 bits per heavy atom. The van der Waals surface area contributed by atoms with Gasteiger partial charge in [0.05, 0.1) is 0 Å². The average Bonchev–Trinajstić information content (AvgIpc) is 1.85. The van der Waals surface area contributed by atoms with Crippen LogP contribution >= 0.6 is 0 Å². The Bertz CT molecular complexity index is 161. The van der Waals surface area contributed by atoms with Gasteiger partial charge in [0.1, 0.15) is 0 Å². The number of hydrogen-bond acceptors (Lipinski definition) is 2. The molecule has 0 radical (unpaired) electrons. The lowest BCUT2D eigenvalue weighted by atomic mass is 9.87. The van der Waals surface area contributed by atoms with Crippen LogP contribution in [-0.2, 0) is 0 Å². The van der Waals surface area contributed by atoms with Crippen molar-refractivity contribution in [2.24, 2.45) is 11.3 Å². The highest BCUT2D eigenvalue weighted by atomic mass is 15.2. The molecule has 0 aliphatic carbocycles. The second kappa shape index (κ2) is 4.19. The minimum atomic E-state index is 0.152. The van der Waals surface area contributed by atoms with Crippen LogP contribution < -0.4 is 11.3 Å². The van der Waals surface area contributed by atoms with E-state index in [1.165, 1.54) is 5.57 Å². The Balaban J connectivity index is 4.48. The Hall–Kier alpha value is -0.760.